The number of thiocarbonyl (C=S) groups is 1. The zero-order valence-electron chi connectivity index (χ0n) is 9.16. The lowest BCUT2D eigenvalue weighted by Crippen LogP contribution is -2.41. The molecule has 0 aromatic carbocycles. The van der Waals surface area contributed by atoms with Crippen LogP contribution in [0.1, 0.15) is 20.3 Å². The molecule has 4 nitrogen and oxygen atoms in total. The van der Waals surface area contributed by atoms with Gasteiger partial charge in [-0.2, -0.15) is 0 Å². The van der Waals surface area contributed by atoms with Crippen LogP contribution in [0.25, 0.3) is 0 Å². The van der Waals surface area contributed by atoms with Crippen LogP contribution in [0.3, 0.4) is 0 Å². The van der Waals surface area contributed by atoms with Gasteiger partial charge in [0.15, 0.2) is 0 Å². The van der Waals surface area contributed by atoms with Gasteiger partial charge in [0.1, 0.15) is 6.10 Å². The highest BCUT2D eigenvalue weighted by Crippen LogP contribution is 2.19. The van der Waals surface area contributed by atoms with Crippen molar-refractivity contribution in [2.45, 2.75) is 26.4 Å². The number of carbonyl (C=O) groups is 1. The molecular formula is C10H18N2O2S. The summed E-state index contributed by atoms with van der Waals surface area (Å²) in [6, 6.07) is 0. The van der Waals surface area contributed by atoms with Crippen LogP contribution in [-0.4, -0.2) is 30.2 Å². The molecule has 0 aliphatic carbocycles. The topological polar surface area (TPSA) is 64.3 Å². The van der Waals surface area contributed by atoms with Gasteiger partial charge in [-0.25, -0.2) is 0 Å². The van der Waals surface area contributed by atoms with Gasteiger partial charge in [0.2, 0.25) is 5.91 Å². The van der Waals surface area contributed by atoms with Crippen molar-refractivity contribution in [1.29, 1.82) is 0 Å². The first kappa shape index (κ1) is 12.4. The van der Waals surface area contributed by atoms with E-state index in [1.165, 1.54) is 0 Å². The van der Waals surface area contributed by atoms with Crippen molar-refractivity contribution in [2.75, 3.05) is 13.2 Å². The molecule has 0 saturated carbocycles. The standard InChI is InChI=1S/C10H18N2O2S/c1-6-3-4-14-8(6)10(13)12-5-7(2)9(11)15/h6-8H,3-5H2,1-2H3,(H2,11,15)(H,12,13). The van der Waals surface area contributed by atoms with Crippen LogP contribution in [0.2, 0.25) is 0 Å². The zero-order valence-corrected chi connectivity index (χ0v) is 9.97. The first-order chi connectivity index (χ1) is 7.02. The summed E-state index contributed by atoms with van der Waals surface area (Å²) in [5.74, 6) is 0.272. The normalized spacial score (nSPS) is 27.3. The van der Waals surface area contributed by atoms with E-state index in [-0.39, 0.29) is 17.9 Å². The Balaban J connectivity index is 2.32. The molecule has 1 heterocycles. The molecular weight excluding hydrogens is 212 g/mol. The Morgan fingerprint density at radius 1 is 1.73 bits per heavy atom. The first-order valence-corrected chi connectivity index (χ1v) is 5.61. The largest absolute Gasteiger partial charge is 0.393 e. The maximum Gasteiger partial charge on any atom is 0.249 e. The van der Waals surface area contributed by atoms with E-state index in [1.807, 2.05) is 13.8 Å². The third-order valence-corrected chi connectivity index (χ3v) is 3.12. The van der Waals surface area contributed by atoms with Crippen LogP contribution in [0.15, 0.2) is 0 Å². The molecule has 3 atom stereocenters. The lowest BCUT2D eigenvalue weighted by atomic mass is 10.0. The van der Waals surface area contributed by atoms with E-state index in [4.69, 9.17) is 22.7 Å². The van der Waals surface area contributed by atoms with Crippen molar-refractivity contribution in [3.63, 3.8) is 0 Å². The van der Waals surface area contributed by atoms with E-state index in [9.17, 15) is 4.79 Å². The van der Waals surface area contributed by atoms with E-state index in [0.29, 0.717) is 24.1 Å². The number of amides is 1. The van der Waals surface area contributed by atoms with Gasteiger partial charge in [-0.1, -0.05) is 26.1 Å². The quantitative estimate of drug-likeness (QED) is 0.688. The lowest BCUT2D eigenvalue weighted by Gasteiger charge is -2.16. The number of hydrogen-bond donors (Lipinski definition) is 2. The van der Waals surface area contributed by atoms with Gasteiger partial charge in [-0.05, 0) is 12.3 Å². The average molecular weight is 230 g/mol. The Bertz CT molecular complexity index is 258. The third kappa shape index (κ3) is 3.43. The number of nitrogens with two attached hydrogens (primary N) is 1. The lowest BCUT2D eigenvalue weighted by molar-refractivity contribution is -0.131. The number of ether oxygens (including phenoxy) is 1. The molecule has 15 heavy (non-hydrogen) atoms. The van der Waals surface area contributed by atoms with E-state index in [1.54, 1.807) is 0 Å². The van der Waals surface area contributed by atoms with Crippen LogP contribution >= 0.6 is 12.2 Å². The Hall–Kier alpha value is -0.680. The number of rotatable bonds is 4. The van der Waals surface area contributed by atoms with E-state index in [2.05, 4.69) is 5.32 Å². The summed E-state index contributed by atoms with van der Waals surface area (Å²) in [6.07, 6.45) is 0.645. The molecule has 0 bridgehead atoms. The van der Waals surface area contributed by atoms with Crippen LogP contribution in [-0.2, 0) is 9.53 Å². The maximum atomic E-state index is 11.7. The first-order valence-electron chi connectivity index (χ1n) is 5.21. The van der Waals surface area contributed by atoms with E-state index < -0.39 is 0 Å². The van der Waals surface area contributed by atoms with Crippen molar-refractivity contribution in [2.24, 2.45) is 17.6 Å². The highest BCUT2D eigenvalue weighted by molar-refractivity contribution is 7.80. The molecule has 5 heteroatoms. The van der Waals surface area contributed by atoms with Gasteiger partial charge in [0.05, 0.1) is 4.99 Å². The Morgan fingerprint density at radius 2 is 2.40 bits per heavy atom. The molecule has 1 aliphatic heterocycles. The zero-order chi connectivity index (χ0) is 11.4. The summed E-state index contributed by atoms with van der Waals surface area (Å²) in [5.41, 5.74) is 5.45. The van der Waals surface area contributed by atoms with E-state index >= 15 is 0 Å². The van der Waals surface area contributed by atoms with Crippen LogP contribution in [0.5, 0.6) is 0 Å². The summed E-state index contributed by atoms with van der Waals surface area (Å²) in [6.45, 7) is 5.07. The molecule has 3 N–H and O–H groups in total. The van der Waals surface area contributed by atoms with Gasteiger partial charge in [0.25, 0.3) is 0 Å². The molecule has 1 saturated heterocycles. The van der Waals surface area contributed by atoms with Crippen molar-refractivity contribution in [3.05, 3.63) is 0 Å². The molecule has 0 radical (unpaired) electrons. The van der Waals surface area contributed by atoms with E-state index in [0.717, 1.165) is 6.42 Å². The molecule has 1 amide bonds. The molecule has 1 rings (SSSR count). The highest BCUT2D eigenvalue weighted by Gasteiger charge is 2.30. The fraction of sp³-hybridized carbons (Fsp3) is 0.800. The van der Waals surface area contributed by atoms with Gasteiger partial charge >= 0.3 is 0 Å². The SMILES string of the molecule is CC(CNC(=O)C1OCCC1C)C(N)=S. The summed E-state index contributed by atoms with van der Waals surface area (Å²) >= 11 is 4.82. The average Bonchev–Trinajstić information content (AvgIpc) is 2.60. The fourth-order valence-electron chi connectivity index (χ4n) is 1.49. The number of hydrogen-bond acceptors (Lipinski definition) is 3. The minimum Gasteiger partial charge on any atom is -0.393 e. The second kappa shape index (κ2) is 5.42. The van der Waals surface area contributed by atoms with Crippen molar-refractivity contribution in [1.82, 2.24) is 5.32 Å². The summed E-state index contributed by atoms with van der Waals surface area (Å²) in [5, 5.41) is 2.80. The molecule has 0 aromatic rings. The monoisotopic (exact) mass is 230 g/mol. The van der Waals surface area contributed by atoms with Crippen molar-refractivity contribution < 1.29 is 9.53 Å². The van der Waals surface area contributed by atoms with Gasteiger partial charge in [-0.15, -0.1) is 0 Å². The molecule has 0 aromatic heterocycles. The minimum atomic E-state index is -0.302. The van der Waals surface area contributed by atoms with Gasteiger partial charge < -0.3 is 15.8 Å². The second-order valence-corrected chi connectivity index (χ2v) is 4.58. The van der Waals surface area contributed by atoms with Gasteiger partial charge in [-0.3, -0.25) is 4.79 Å². The predicted molar refractivity (Wildman–Crippen MR) is 62.5 cm³/mol. The molecule has 0 spiro atoms. The molecule has 1 fully saturated rings. The summed E-state index contributed by atoms with van der Waals surface area (Å²) in [4.78, 5) is 12.1. The molecule has 86 valence electrons. The molecule has 3 unspecified atom stereocenters. The van der Waals surface area contributed by atoms with Crippen LogP contribution < -0.4 is 11.1 Å². The van der Waals surface area contributed by atoms with Gasteiger partial charge in [0, 0.05) is 19.1 Å². The maximum absolute atomic E-state index is 11.7. The predicted octanol–water partition coefficient (Wildman–Crippen LogP) is 0.450. The van der Waals surface area contributed by atoms with Crippen LogP contribution in [0.4, 0.5) is 0 Å². The number of nitrogens with one attached hydrogen (secondary N) is 1. The molecule has 1 aliphatic rings. The van der Waals surface area contributed by atoms with Crippen molar-refractivity contribution >= 4 is 23.1 Å². The fourth-order valence-corrected chi connectivity index (χ4v) is 1.57. The number of carbonyl (C=O) groups excluding carboxylic acids is 1. The smallest absolute Gasteiger partial charge is 0.249 e. The second-order valence-electron chi connectivity index (χ2n) is 4.11. The van der Waals surface area contributed by atoms with Crippen LogP contribution in [0, 0.1) is 11.8 Å². The Labute approximate surface area is 95.5 Å². The Morgan fingerprint density at radius 3 is 2.87 bits per heavy atom. The van der Waals surface area contributed by atoms with Crippen molar-refractivity contribution in [3.8, 4) is 0 Å². The highest BCUT2D eigenvalue weighted by atomic mass is 32.1. The summed E-state index contributed by atoms with van der Waals surface area (Å²) in [7, 11) is 0. The Kier molecular flexibility index (Phi) is 4.47. The minimum absolute atomic E-state index is 0.0284. The summed E-state index contributed by atoms with van der Waals surface area (Å²) < 4.78 is 5.34. The third-order valence-electron chi connectivity index (χ3n) is 2.71.